The molecule has 0 amide bonds. The van der Waals surface area contributed by atoms with Gasteiger partial charge < -0.3 is 10.1 Å². The minimum absolute atomic E-state index is 0.131. The maximum Gasteiger partial charge on any atom is 0.145 e. The van der Waals surface area contributed by atoms with Crippen molar-refractivity contribution in [1.29, 1.82) is 0 Å². The zero-order chi connectivity index (χ0) is 13.7. The highest BCUT2D eigenvalue weighted by Gasteiger charge is 2.09. The Morgan fingerprint density at radius 3 is 2.74 bits per heavy atom. The number of nitrogens with one attached hydrogen (secondary N) is 1. The van der Waals surface area contributed by atoms with Gasteiger partial charge in [-0.15, -0.1) is 0 Å². The molecule has 0 atom stereocenters. The van der Waals surface area contributed by atoms with Gasteiger partial charge in [0.05, 0.1) is 24.2 Å². The lowest BCUT2D eigenvalue weighted by atomic mass is 10.1. The molecule has 0 saturated carbocycles. The number of para-hydroxylation sites is 1. The molecule has 0 fully saturated rings. The molecular formula is C15H19N3O. The van der Waals surface area contributed by atoms with E-state index in [1.54, 1.807) is 12.4 Å². The van der Waals surface area contributed by atoms with Gasteiger partial charge in [-0.1, -0.05) is 12.1 Å². The van der Waals surface area contributed by atoms with Gasteiger partial charge in [0.15, 0.2) is 0 Å². The molecule has 1 N–H and O–H groups in total. The van der Waals surface area contributed by atoms with Gasteiger partial charge in [0, 0.05) is 12.1 Å². The summed E-state index contributed by atoms with van der Waals surface area (Å²) < 4.78 is 5.81. The minimum Gasteiger partial charge on any atom is -0.490 e. The lowest BCUT2D eigenvalue weighted by Gasteiger charge is -2.14. The van der Waals surface area contributed by atoms with Crippen LogP contribution in [0.15, 0.2) is 36.7 Å². The van der Waals surface area contributed by atoms with Gasteiger partial charge in [0.1, 0.15) is 11.6 Å². The van der Waals surface area contributed by atoms with Crippen molar-refractivity contribution < 1.29 is 4.74 Å². The van der Waals surface area contributed by atoms with Crippen LogP contribution in [0.3, 0.4) is 0 Å². The molecule has 100 valence electrons. The molecule has 19 heavy (non-hydrogen) atoms. The van der Waals surface area contributed by atoms with Crippen LogP contribution in [0, 0.1) is 0 Å². The highest BCUT2D eigenvalue weighted by Crippen LogP contribution is 2.29. The van der Waals surface area contributed by atoms with Crippen molar-refractivity contribution in [1.82, 2.24) is 9.97 Å². The van der Waals surface area contributed by atoms with Crippen molar-refractivity contribution in [2.45, 2.75) is 26.9 Å². The maximum atomic E-state index is 5.81. The van der Waals surface area contributed by atoms with Crippen LogP contribution >= 0.6 is 0 Å². The van der Waals surface area contributed by atoms with Crippen LogP contribution in [0.25, 0.3) is 11.3 Å². The third-order valence-corrected chi connectivity index (χ3v) is 2.52. The standard InChI is InChI=1S/C15H19N3O/c1-4-17-15-10-16-9-13(18-15)12-7-5-6-8-14(12)19-11(2)3/h5-11H,4H2,1-3H3,(H,17,18). The van der Waals surface area contributed by atoms with Gasteiger partial charge >= 0.3 is 0 Å². The maximum absolute atomic E-state index is 5.81. The molecule has 0 radical (unpaired) electrons. The van der Waals surface area contributed by atoms with Crippen LogP contribution in [0.5, 0.6) is 5.75 Å². The first-order chi connectivity index (χ1) is 9.20. The highest BCUT2D eigenvalue weighted by atomic mass is 16.5. The van der Waals surface area contributed by atoms with E-state index in [1.807, 2.05) is 45.0 Å². The van der Waals surface area contributed by atoms with E-state index in [-0.39, 0.29) is 6.10 Å². The molecule has 2 aromatic rings. The molecule has 0 bridgehead atoms. The van der Waals surface area contributed by atoms with Crippen molar-refractivity contribution in [2.24, 2.45) is 0 Å². The summed E-state index contributed by atoms with van der Waals surface area (Å²) in [7, 11) is 0. The summed E-state index contributed by atoms with van der Waals surface area (Å²) in [6, 6.07) is 7.89. The fourth-order valence-corrected chi connectivity index (χ4v) is 1.80. The Balaban J connectivity index is 2.37. The van der Waals surface area contributed by atoms with Crippen LogP contribution < -0.4 is 10.1 Å². The summed E-state index contributed by atoms with van der Waals surface area (Å²) in [5.74, 6) is 1.61. The summed E-state index contributed by atoms with van der Waals surface area (Å²) in [5, 5.41) is 3.16. The molecule has 4 nitrogen and oxygen atoms in total. The number of hydrogen-bond acceptors (Lipinski definition) is 4. The zero-order valence-corrected chi connectivity index (χ0v) is 11.6. The molecule has 1 aromatic carbocycles. The molecule has 1 heterocycles. The summed E-state index contributed by atoms with van der Waals surface area (Å²) in [6.07, 6.45) is 3.61. The van der Waals surface area contributed by atoms with E-state index in [0.29, 0.717) is 0 Å². The molecular weight excluding hydrogens is 238 g/mol. The quantitative estimate of drug-likeness (QED) is 0.892. The minimum atomic E-state index is 0.131. The van der Waals surface area contributed by atoms with E-state index in [9.17, 15) is 0 Å². The smallest absolute Gasteiger partial charge is 0.145 e. The molecule has 1 aromatic heterocycles. The van der Waals surface area contributed by atoms with Gasteiger partial charge in [0.2, 0.25) is 0 Å². The lowest BCUT2D eigenvalue weighted by molar-refractivity contribution is 0.243. The van der Waals surface area contributed by atoms with Crippen molar-refractivity contribution in [3.8, 4) is 17.0 Å². The summed E-state index contributed by atoms with van der Waals surface area (Å²) in [5.41, 5.74) is 1.78. The summed E-state index contributed by atoms with van der Waals surface area (Å²) >= 11 is 0. The van der Waals surface area contributed by atoms with E-state index >= 15 is 0 Å². The van der Waals surface area contributed by atoms with Gasteiger partial charge in [0.25, 0.3) is 0 Å². The van der Waals surface area contributed by atoms with Crippen molar-refractivity contribution in [2.75, 3.05) is 11.9 Å². The fraction of sp³-hybridized carbons (Fsp3) is 0.333. The van der Waals surface area contributed by atoms with Gasteiger partial charge in [-0.05, 0) is 32.9 Å². The van der Waals surface area contributed by atoms with Crippen LogP contribution in [0.4, 0.5) is 5.82 Å². The molecule has 4 heteroatoms. The topological polar surface area (TPSA) is 47.0 Å². The van der Waals surface area contributed by atoms with E-state index in [0.717, 1.165) is 29.4 Å². The van der Waals surface area contributed by atoms with Gasteiger partial charge in [-0.2, -0.15) is 0 Å². The second kappa shape index (κ2) is 6.18. The van der Waals surface area contributed by atoms with E-state index in [1.165, 1.54) is 0 Å². The van der Waals surface area contributed by atoms with Crippen molar-refractivity contribution in [3.63, 3.8) is 0 Å². The molecule has 0 aliphatic heterocycles. The first-order valence-electron chi connectivity index (χ1n) is 6.52. The van der Waals surface area contributed by atoms with E-state index in [2.05, 4.69) is 15.3 Å². The van der Waals surface area contributed by atoms with Crippen molar-refractivity contribution in [3.05, 3.63) is 36.7 Å². The third-order valence-electron chi connectivity index (χ3n) is 2.52. The normalized spacial score (nSPS) is 10.5. The molecule has 0 unspecified atom stereocenters. The Labute approximate surface area is 113 Å². The molecule has 2 rings (SSSR count). The molecule has 0 aliphatic rings. The molecule has 0 spiro atoms. The monoisotopic (exact) mass is 257 g/mol. The number of ether oxygens (including phenoxy) is 1. The summed E-state index contributed by atoms with van der Waals surface area (Å²) in [4.78, 5) is 8.77. The Kier molecular flexibility index (Phi) is 4.34. The van der Waals surface area contributed by atoms with E-state index in [4.69, 9.17) is 4.74 Å². The van der Waals surface area contributed by atoms with Gasteiger partial charge in [-0.3, -0.25) is 4.98 Å². The van der Waals surface area contributed by atoms with Crippen LogP contribution in [0.2, 0.25) is 0 Å². The lowest BCUT2D eigenvalue weighted by Crippen LogP contribution is -2.07. The average Bonchev–Trinajstić information content (AvgIpc) is 2.39. The third kappa shape index (κ3) is 3.44. The second-order valence-corrected chi connectivity index (χ2v) is 4.48. The Hall–Kier alpha value is -2.10. The van der Waals surface area contributed by atoms with E-state index < -0.39 is 0 Å². The number of aromatic nitrogens is 2. The second-order valence-electron chi connectivity index (χ2n) is 4.48. The Bertz CT molecular complexity index is 540. The fourth-order valence-electron chi connectivity index (χ4n) is 1.80. The first-order valence-corrected chi connectivity index (χ1v) is 6.52. The van der Waals surface area contributed by atoms with Crippen LogP contribution in [0.1, 0.15) is 20.8 Å². The average molecular weight is 257 g/mol. The summed E-state index contributed by atoms with van der Waals surface area (Å²) in [6.45, 7) is 6.88. The number of hydrogen-bond donors (Lipinski definition) is 1. The number of rotatable bonds is 5. The number of nitrogens with zero attached hydrogens (tertiary/aromatic N) is 2. The van der Waals surface area contributed by atoms with Crippen LogP contribution in [-0.2, 0) is 0 Å². The number of benzene rings is 1. The van der Waals surface area contributed by atoms with Crippen LogP contribution in [-0.4, -0.2) is 22.6 Å². The predicted molar refractivity (Wildman–Crippen MR) is 77.4 cm³/mol. The predicted octanol–water partition coefficient (Wildman–Crippen LogP) is 3.36. The Morgan fingerprint density at radius 2 is 2.00 bits per heavy atom. The van der Waals surface area contributed by atoms with Crippen molar-refractivity contribution >= 4 is 5.82 Å². The first kappa shape index (κ1) is 13.3. The van der Waals surface area contributed by atoms with Gasteiger partial charge in [-0.25, -0.2) is 4.98 Å². The molecule has 0 saturated heterocycles. The Morgan fingerprint density at radius 1 is 1.21 bits per heavy atom. The highest BCUT2D eigenvalue weighted by molar-refractivity contribution is 5.67. The largest absolute Gasteiger partial charge is 0.490 e. The SMILES string of the molecule is CCNc1cncc(-c2ccccc2OC(C)C)n1. The zero-order valence-electron chi connectivity index (χ0n) is 11.6. The molecule has 0 aliphatic carbocycles. The number of anilines is 1.